The molecule has 0 fully saturated rings. The molecule has 2 aromatic carbocycles. The highest BCUT2D eigenvalue weighted by Crippen LogP contribution is 2.23. The van der Waals surface area contributed by atoms with Gasteiger partial charge in [-0.2, -0.15) is 0 Å². The first kappa shape index (κ1) is 19.2. The number of hydrogen-bond acceptors (Lipinski definition) is 4. The summed E-state index contributed by atoms with van der Waals surface area (Å²) in [7, 11) is 0. The number of hydrazine groups is 1. The molecule has 8 heteroatoms. The van der Waals surface area contributed by atoms with E-state index in [-0.39, 0.29) is 17.3 Å². The Bertz CT molecular complexity index is 1030. The maximum absolute atomic E-state index is 13.6. The smallest absolute Gasteiger partial charge is 0.267 e. The van der Waals surface area contributed by atoms with E-state index in [1.165, 1.54) is 18.2 Å². The second kappa shape index (κ2) is 7.99. The van der Waals surface area contributed by atoms with Gasteiger partial charge in [-0.15, -0.1) is 5.10 Å². The fourth-order valence-electron chi connectivity index (χ4n) is 2.77. The van der Waals surface area contributed by atoms with Gasteiger partial charge in [0.1, 0.15) is 11.6 Å². The molecule has 2 amide bonds. The van der Waals surface area contributed by atoms with Gasteiger partial charge < -0.3 is 0 Å². The minimum Gasteiger partial charge on any atom is -0.267 e. The lowest BCUT2D eigenvalue weighted by Gasteiger charge is -2.12. The Labute approximate surface area is 161 Å². The SMILES string of the molecule is Cc1nc(C(=O)NNC(=O)c2ccccc2F)nn1-c1ccccc1C(C)C. The van der Waals surface area contributed by atoms with E-state index >= 15 is 0 Å². The largest absolute Gasteiger partial charge is 0.309 e. The Hall–Kier alpha value is -3.55. The zero-order valence-corrected chi connectivity index (χ0v) is 15.7. The van der Waals surface area contributed by atoms with E-state index in [1.807, 2.05) is 24.3 Å². The van der Waals surface area contributed by atoms with E-state index < -0.39 is 17.6 Å². The normalized spacial score (nSPS) is 10.8. The van der Waals surface area contributed by atoms with Gasteiger partial charge in [-0.05, 0) is 36.6 Å². The summed E-state index contributed by atoms with van der Waals surface area (Å²) >= 11 is 0. The van der Waals surface area contributed by atoms with Crippen LogP contribution in [-0.2, 0) is 0 Å². The summed E-state index contributed by atoms with van der Waals surface area (Å²) in [5, 5.41) is 4.26. The number of rotatable bonds is 4. The van der Waals surface area contributed by atoms with Gasteiger partial charge in [0, 0.05) is 0 Å². The van der Waals surface area contributed by atoms with Crippen molar-refractivity contribution in [2.24, 2.45) is 0 Å². The number of halogens is 1. The van der Waals surface area contributed by atoms with Crippen LogP contribution in [0.2, 0.25) is 0 Å². The highest BCUT2D eigenvalue weighted by molar-refractivity contribution is 5.97. The molecule has 0 aliphatic carbocycles. The molecule has 0 atom stereocenters. The van der Waals surface area contributed by atoms with Crippen molar-refractivity contribution in [1.82, 2.24) is 25.6 Å². The number of carbonyl (C=O) groups is 2. The number of nitrogens with zero attached hydrogens (tertiary/aromatic N) is 3. The van der Waals surface area contributed by atoms with Gasteiger partial charge in [0.15, 0.2) is 0 Å². The van der Waals surface area contributed by atoms with Gasteiger partial charge in [-0.1, -0.05) is 44.2 Å². The lowest BCUT2D eigenvalue weighted by Crippen LogP contribution is -2.42. The predicted molar refractivity (Wildman–Crippen MR) is 102 cm³/mol. The average molecular weight is 381 g/mol. The van der Waals surface area contributed by atoms with Crippen molar-refractivity contribution in [3.05, 3.63) is 77.1 Å². The van der Waals surface area contributed by atoms with Crippen LogP contribution in [0.1, 0.15) is 52.1 Å². The maximum atomic E-state index is 13.6. The van der Waals surface area contributed by atoms with Crippen LogP contribution in [-0.4, -0.2) is 26.6 Å². The van der Waals surface area contributed by atoms with Crippen molar-refractivity contribution < 1.29 is 14.0 Å². The van der Waals surface area contributed by atoms with Crippen LogP contribution in [0.25, 0.3) is 5.69 Å². The number of aromatic nitrogens is 3. The highest BCUT2D eigenvalue weighted by Gasteiger charge is 2.19. The molecule has 1 aromatic heterocycles. The fraction of sp³-hybridized carbons (Fsp3) is 0.200. The van der Waals surface area contributed by atoms with Crippen molar-refractivity contribution in [1.29, 1.82) is 0 Å². The molecule has 0 aliphatic rings. The first-order valence-corrected chi connectivity index (χ1v) is 8.76. The van der Waals surface area contributed by atoms with Crippen LogP contribution in [0.4, 0.5) is 4.39 Å². The average Bonchev–Trinajstić information content (AvgIpc) is 3.07. The van der Waals surface area contributed by atoms with Crippen molar-refractivity contribution in [3.8, 4) is 5.69 Å². The molecule has 0 unspecified atom stereocenters. The monoisotopic (exact) mass is 381 g/mol. The second-order valence-electron chi connectivity index (χ2n) is 6.50. The number of nitrogens with one attached hydrogen (secondary N) is 2. The van der Waals surface area contributed by atoms with E-state index in [2.05, 4.69) is 34.8 Å². The summed E-state index contributed by atoms with van der Waals surface area (Å²) in [5.74, 6) is -1.47. The topological polar surface area (TPSA) is 88.9 Å². The summed E-state index contributed by atoms with van der Waals surface area (Å²) in [6.45, 7) is 5.87. The number of carbonyl (C=O) groups excluding carboxylic acids is 2. The molecule has 7 nitrogen and oxygen atoms in total. The summed E-state index contributed by atoms with van der Waals surface area (Å²) < 4.78 is 15.2. The van der Waals surface area contributed by atoms with E-state index in [0.29, 0.717) is 5.82 Å². The standard InChI is InChI=1S/C20H20FN5O2/c1-12(2)14-8-5-7-11-17(14)26-13(3)22-18(25-26)20(28)24-23-19(27)15-9-4-6-10-16(15)21/h4-12H,1-3H3,(H,23,27)(H,24,28). The Morgan fingerprint density at radius 2 is 1.64 bits per heavy atom. The number of benzene rings is 2. The van der Waals surface area contributed by atoms with Crippen molar-refractivity contribution in [2.75, 3.05) is 0 Å². The molecule has 3 aromatic rings. The molecule has 3 rings (SSSR count). The molecule has 144 valence electrons. The van der Waals surface area contributed by atoms with Gasteiger partial charge in [0.25, 0.3) is 5.91 Å². The number of aryl methyl sites for hydroxylation is 1. The number of para-hydroxylation sites is 1. The van der Waals surface area contributed by atoms with Crippen molar-refractivity contribution >= 4 is 11.8 Å². The van der Waals surface area contributed by atoms with Crippen LogP contribution in [0.5, 0.6) is 0 Å². The Morgan fingerprint density at radius 3 is 2.36 bits per heavy atom. The molecular weight excluding hydrogens is 361 g/mol. The molecule has 1 heterocycles. The molecule has 28 heavy (non-hydrogen) atoms. The number of amides is 2. The van der Waals surface area contributed by atoms with Crippen LogP contribution < -0.4 is 10.9 Å². The summed E-state index contributed by atoms with van der Waals surface area (Å²) in [6.07, 6.45) is 0. The lowest BCUT2D eigenvalue weighted by atomic mass is 10.0. The van der Waals surface area contributed by atoms with Crippen molar-refractivity contribution in [2.45, 2.75) is 26.7 Å². The summed E-state index contributed by atoms with van der Waals surface area (Å²) in [5.41, 5.74) is 6.10. The van der Waals surface area contributed by atoms with Gasteiger partial charge in [0.05, 0.1) is 11.3 Å². The fourth-order valence-corrected chi connectivity index (χ4v) is 2.77. The first-order chi connectivity index (χ1) is 13.4. The van der Waals surface area contributed by atoms with E-state index in [4.69, 9.17) is 0 Å². The predicted octanol–water partition coefficient (Wildman–Crippen LogP) is 2.91. The van der Waals surface area contributed by atoms with Crippen LogP contribution in [0.3, 0.4) is 0 Å². The minimum atomic E-state index is -0.771. The molecule has 2 N–H and O–H groups in total. The van der Waals surface area contributed by atoms with Crippen LogP contribution in [0.15, 0.2) is 48.5 Å². The quantitative estimate of drug-likeness (QED) is 0.680. The Kier molecular flexibility index (Phi) is 5.49. The maximum Gasteiger partial charge on any atom is 0.309 e. The Morgan fingerprint density at radius 1 is 1.00 bits per heavy atom. The Balaban J connectivity index is 1.77. The van der Waals surface area contributed by atoms with E-state index in [1.54, 1.807) is 11.6 Å². The highest BCUT2D eigenvalue weighted by atomic mass is 19.1. The minimum absolute atomic E-state index is 0.107. The third-order valence-corrected chi connectivity index (χ3v) is 4.17. The second-order valence-corrected chi connectivity index (χ2v) is 6.50. The molecular formula is C20H20FN5O2. The third-order valence-electron chi connectivity index (χ3n) is 4.17. The molecule has 0 saturated heterocycles. The van der Waals surface area contributed by atoms with Crippen LogP contribution in [0, 0.1) is 12.7 Å². The van der Waals surface area contributed by atoms with E-state index in [0.717, 1.165) is 17.3 Å². The molecule has 0 bridgehead atoms. The first-order valence-electron chi connectivity index (χ1n) is 8.76. The van der Waals surface area contributed by atoms with Gasteiger partial charge in [0.2, 0.25) is 5.82 Å². The summed E-state index contributed by atoms with van der Waals surface area (Å²) in [4.78, 5) is 28.5. The third kappa shape index (κ3) is 3.90. The number of hydrogen-bond donors (Lipinski definition) is 2. The zero-order chi connectivity index (χ0) is 20.3. The van der Waals surface area contributed by atoms with Gasteiger partial charge in [-0.3, -0.25) is 20.4 Å². The molecule has 0 spiro atoms. The zero-order valence-electron chi connectivity index (χ0n) is 15.7. The van der Waals surface area contributed by atoms with E-state index in [9.17, 15) is 14.0 Å². The molecule has 0 aliphatic heterocycles. The van der Waals surface area contributed by atoms with Gasteiger partial charge in [-0.25, -0.2) is 14.1 Å². The molecule has 0 saturated carbocycles. The lowest BCUT2D eigenvalue weighted by molar-refractivity contribution is 0.0838. The van der Waals surface area contributed by atoms with Crippen molar-refractivity contribution in [3.63, 3.8) is 0 Å². The summed E-state index contributed by atoms with van der Waals surface area (Å²) in [6, 6.07) is 13.2. The van der Waals surface area contributed by atoms with Crippen LogP contribution >= 0.6 is 0 Å². The van der Waals surface area contributed by atoms with Gasteiger partial charge >= 0.3 is 5.91 Å². The molecule has 0 radical (unpaired) electrons.